The molecule has 0 N–H and O–H groups in total. The summed E-state index contributed by atoms with van der Waals surface area (Å²) >= 11 is 0. The first kappa shape index (κ1) is 20.0. The Labute approximate surface area is 170 Å². The third kappa shape index (κ3) is 4.84. The molecule has 2 aromatic heterocycles. The van der Waals surface area contributed by atoms with Crippen molar-refractivity contribution in [3.05, 3.63) is 29.2 Å². The Hall–Kier alpha value is -2.26. The second kappa shape index (κ2) is 9.04. The van der Waals surface area contributed by atoms with Gasteiger partial charge in [0.15, 0.2) is 11.5 Å². The fourth-order valence-corrected chi connectivity index (χ4v) is 3.85. The number of hydrogen-bond acceptors (Lipinski definition) is 7. The number of aromatic nitrogens is 4. The number of piperidine rings is 1. The quantitative estimate of drug-likeness (QED) is 0.726. The van der Waals surface area contributed by atoms with Gasteiger partial charge in [-0.25, -0.2) is 0 Å². The Morgan fingerprint density at radius 1 is 1.24 bits per heavy atom. The van der Waals surface area contributed by atoms with Crippen molar-refractivity contribution < 1.29 is 18.8 Å². The molecule has 2 aliphatic rings. The highest BCUT2D eigenvalue weighted by Gasteiger charge is 2.26. The van der Waals surface area contributed by atoms with Gasteiger partial charge in [-0.05, 0) is 38.7 Å². The van der Waals surface area contributed by atoms with Gasteiger partial charge in [-0.15, -0.1) is 0 Å². The summed E-state index contributed by atoms with van der Waals surface area (Å²) in [6.07, 6.45) is 4.33. The standard InChI is InChI=1S/C20H29N5O4/c1-14-13-17(22-24(14)2)20(26)25-8-3-16(4-9-25)28-12-7-18-21-19(29-23-18)15-5-10-27-11-6-15/h13,15-16H,3-12H2,1-2H3. The lowest BCUT2D eigenvalue weighted by Gasteiger charge is -2.31. The first-order chi connectivity index (χ1) is 14.1. The van der Waals surface area contributed by atoms with Gasteiger partial charge in [0.05, 0.1) is 12.7 Å². The monoisotopic (exact) mass is 403 g/mol. The molecule has 0 radical (unpaired) electrons. The maximum atomic E-state index is 12.6. The Balaban J connectivity index is 1.18. The summed E-state index contributed by atoms with van der Waals surface area (Å²) in [5.74, 6) is 1.74. The van der Waals surface area contributed by atoms with Crippen LogP contribution in [-0.4, -0.2) is 69.7 Å². The van der Waals surface area contributed by atoms with E-state index in [0.717, 1.165) is 50.5 Å². The second-order valence-corrected chi connectivity index (χ2v) is 7.84. The molecule has 0 atom stereocenters. The minimum Gasteiger partial charge on any atom is -0.381 e. The van der Waals surface area contributed by atoms with E-state index in [-0.39, 0.29) is 12.0 Å². The van der Waals surface area contributed by atoms with E-state index in [1.807, 2.05) is 24.9 Å². The largest absolute Gasteiger partial charge is 0.381 e. The number of rotatable bonds is 6. The molecule has 158 valence electrons. The fraction of sp³-hybridized carbons (Fsp3) is 0.700. The number of carbonyl (C=O) groups excluding carboxylic acids is 1. The molecular weight excluding hydrogens is 374 g/mol. The smallest absolute Gasteiger partial charge is 0.274 e. The van der Waals surface area contributed by atoms with Gasteiger partial charge in [0.2, 0.25) is 5.89 Å². The van der Waals surface area contributed by atoms with Crippen LogP contribution >= 0.6 is 0 Å². The molecular formula is C20H29N5O4. The van der Waals surface area contributed by atoms with Crippen molar-refractivity contribution in [2.24, 2.45) is 7.05 Å². The van der Waals surface area contributed by atoms with Crippen molar-refractivity contribution in [3.63, 3.8) is 0 Å². The lowest BCUT2D eigenvalue weighted by atomic mass is 10.0. The molecule has 2 aromatic rings. The Morgan fingerprint density at radius 2 is 2.00 bits per heavy atom. The van der Waals surface area contributed by atoms with Crippen LogP contribution in [0.5, 0.6) is 0 Å². The number of aryl methyl sites for hydroxylation is 2. The summed E-state index contributed by atoms with van der Waals surface area (Å²) in [5.41, 5.74) is 1.50. The van der Waals surface area contributed by atoms with Gasteiger partial charge in [0, 0.05) is 51.4 Å². The molecule has 0 saturated carbocycles. The lowest BCUT2D eigenvalue weighted by Crippen LogP contribution is -2.41. The highest BCUT2D eigenvalue weighted by Crippen LogP contribution is 2.25. The molecule has 0 bridgehead atoms. The summed E-state index contributed by atoms with van der Waals surface area (Å²) in [6.45, 7) is 5.40. The maximum absolute atomic E-state index is 12.6. The van der Waals surface area contributed by atoms with Gasteiger partial charge in [-0.3, -0.25) is 9.48 Å². The van der Waals surface area contributed by atoms with Crippen LogP contribution in [0.4, 0.5) is 0 Å². The predicted octanol–water partition coefficient (Wildman–Crippen LogP) is 1.87. The second-order valence-electron chi connectivity index (χ2n) is 7.84. The summed E-state index contributed by atoms with van der Waals surface area (Å²) in [4.78, 5) is 19.0. The average Bonchev–Trinajstić information content (AvgIpc) is 3.35. The average molecular weight is 403 g/mol. The molecule has 29 heavy (non-hydrogen) atoms. The highest BCUT2D eigenvalue weighted by molar-refractivity contribution is 5.92. The maximum Gasteiger partial charge on any atom is 0.274 e. The third-order valence-corrected chi connectivity index (χ3v) is 5.80. The van der Waals surface area contributed by atoms with Crippen molar-refractivity contribution in [2.75, 3.05) is 32.9 Å². The molecule has 0 aliphatic carbocycles. The van der Waals surface area contributed by atoms with Crippen LogP contribution in [0.2, 0.25) is 0 Å². The number of ether oxygens (including phenoxy) is 2. The summed E-state index contributed by atoms with van der Waals surface area (Å²) in [6, 6.07) is 1.84. The number of likely N-dealkylation sites (tertiary alicyclic amines) is 1. The van der Waals surface area contributed by atoms with Crippen LogP contribution in [0.3, 0.4) is 0 Å². The summed E-state index contributed by atoms with van der Waals surface area (Å²) in [7, 11) is 1.85. The number of carbonyl (C=O) groups is 1. The normalized spacial score (nSPS) is 19.0. The fourth-order valence-electron chi connectivity index (χ4n) is 3.85. The van der Waals surface area contributed by atoms with Gasteiger partial charge in [0.25, 0.3) is 5.91 Å². The first-order valence-corrected chi connectivity index (χ1v) is 10.4. The Kier molecular flexibility index (Phi) is 6.25. The van der Waals surface area contributed by atoms with Gasteiger partial charge in [-0.2, -0.15) is 10.1 Å². The number of amides is 1. The molecule has 9 nitrogen and oxygen atoms in total. The summed E-state index contributed by atoms with van der Waals surface area (Å²) < 4.78 is 18.5. The molecule has 2 saturated heterocycles. The zero-order valence-corrected chi connectivity index (χ0v) is 17.2. The van der Waals surface area contributed by atoms with E-state index < -0.39 is 0 Å². The summed E-state index contributed by atoms with van der Waals surface area (Å²) in [5, 5.41) is 8.37. The molecule has 4 heterocycles. The van der Waals surface area contributed by atoms with Crippen LogP contribution < -0.4 is 0 Å². The Bertz CT molecular complexity index is 799. The first-order valence-electron chi connectivity index (χ1n) is 10.4. The van der Waals surface area contributed by atoms with E-state index in [1.54, 1.807) is 4.68 Å². The zero-order chi connectivity index (χ0) is 20.2. The van der Waals surface area contributed by atoms with E-state index in [9.17, 15) is 4.79 Å². The van der Waals surface area contributed by atoms with E-state index >= 15 is 0 Å². The minimum absolute atomic E-state index is 0.000380. The molecule has 0 spiro atoms. The highest BCUT2D eigenvalue weighted by atomic mass is 16.5. The van der Waals surface area contributed by atoms with Gasteiger partial charge in [-0.1, -0.05) is 5.16 Å². The van der Waals surface area contributed by atoms with Crippen LogP contribution in [0.1, 0.15) is 59.5 Å². The van der Waals surface area contributed by atoms with Crippen LogP contribution in [0.15, 0.2) is 10.6 Å². The van der Waals surface area contributed by atoms with Crippen molar-refractivity contribution in [2.45, 2.75) is 51.0 Å². The molecule has 2 fully saturated rings. The molecule has 4 rings (SSSR count). The molecule has 1 amide bonds. The van der Waals surface area contributed by atoms with Gasteiger partial charge < -0.3 is 18.9 Å². The topological polar surface area (TPSA) is 95.5 Å². The van der Waals surface area contributed by atoms with Gasteiger partial charge >= 0.3 is 0 Å². The van der Waals surface area contributed by atoms with Crippen LogP contribution in [0.25, 0.3) is 0 Å². The van der Waals surface area contributed by atoms with E-state index in [2.05, 4.69) is 15.2 Å². The number of nitrogens with zero attached hydrogens (tertiary/aromatic N) is 5. The molecule has 2 aliphatic heterocycles. The van der Waals surface area contributed by atoms with Crippen molar-refractivity contribution in [1.82, 2.24) is 24.8 Å². The van der Waals surface area contributed by atoms with E-state index in [1.165, 1.54) is 0 Å². The minimum atomic E-state index is -0.000380. The van der Waals surface area contributed by atoms with Crippen molar-refractivity contribution in [1.29, 1.82) is 0 Å². The molecule has 9 heteroatoms. The Morgan fingerprint density at radius 3 is 2.69 bits per heavy atom. The third-order valence-electron chi connectivity index (χ3n) is 5.80. The van der Waals surface area contributed by atoms with E-state index in [4.69, 9.17) is 14.0 Å². The molecule has 0 unspecified atom stereocenters. The predicted molar refractivity (Wildman–Crippen MR) is 104 cm³/mol. The van der Waals surface area contributed by atoms with Crippen molar-refractivity contribution >= 4 is 5.91 Å². The van der Waals surface area contributed by atoms with Crippen LogP contribution in [0, 0.1) is 6.92 Å². The lowest BCUT2D eigenvalue weighted by molar-refractivity contribution is 0.00929. The SMILES string of the molecule is Cc1cc(C(=O)N2CCC(OCCc3noc(C4CCOCC4)n3)CC2)nn1C. The van der Waals surface area contributed by atoms with Gasteiger partial charge in [0.1, 0.15) is 0 Å². The zero-order valence-electron chi connectivity index (χ0n) is 17.2. The van der Waals surface area contributed by atoms with Crippen LogP contribution in [-0.2, 0) is 22.9 Å². The number of hydrogen-bond donors (Lipinski definition) is 0. The van der Waals surface area contributed by atoms with E-state index in [0.29, 0.717) is 43.6 Å². The molecule has 0 aromatic carbocycles. The van der Waals surface area contributed by atoms with Crippen molar-refractivity contribution in [3.8, 4) is 0 Å².